The van der Waals surface area contributed by atoms with E-state index in [0.29, 0.717) is 32.2 Å². The first-order valence-corrected chi connectivity index (χ1v) is 11.2. The van der Waals surface area contributed by atoms with Crippen LogP contribution in [0.3, 0.4) is 0 Å². The van der Waals surface area contributed by atoms with Crippen LogP contribution >= 0.6 is 0 Å². The zero-order chi connectivity index (χ0) is 26.9. The summed E-state index contributed by atoms with van der Waals surface area (Å²) in [5.41, 5.74) is 0.271. The van der Waals surface area contributed by atoms with Gasteiger partial charge < -0.3 is 5.32 Å². The average molecular weight is 516 g/mol. The number of amides is 5. The van der Waals surface area contributed by atoms with E-state index in [4.69, 9.17) is 5.26 Å². The molecule has 1 aromatic carbocycles. The Hall–Kier alpha value is -3.36. The Balaban J connectivity index is 0.00000145. The number of rotatable bonds is 9. The second-order valence-electron chi connectivity index (χ2n) is 8.20. The number of unbranched alkanes of at least 4 members (excludes halogenated alkanes) is 4. The number of alkyl halides is 3. The fourth-order valence-electron chi connectivity index (χ4n) is 3.90. The van der Waals surface area contributed by atoms with Gasteiger partial charge in [-0.3, -0.25) is 34.2 Å². The summed E-state index contributed by atoms with van der Waals surface area (Å²) >= 11 is 0. The van der Waals surface area contributed by atoms with Crippen LogP contribution < -0.4 is 16.5 Å². The molecule has 5 amide bonds. The van der Waals surface area contributed by atoms with Crippen molar-refractivity contribution in [1.82, 2.24) is 15.5 Å². The van der Waals surface area contributed by atoms with Gasteiger partial charge in [-0.2, -0.15) is 19.1 Å². The van der Waals surface area contributed by atoms with Gasteiger partial charge in [-0.1, -0.05) is 19.3 Å². The summed E-state index contributed by atoms with van der Waals surface area (Å²) in [4.78, 5) is 64.9. The number of hydrogen-bond acceptors (Lipinski definition) is 8. The molecule has 0 radical (unpaired) electrons. The predicted molar refractivity (Wildman–Crippen MR) is 117 cm³/mol. The third-order valence-electron chi connectivity index (χ3n) is 5.62. The van der Waals surface area contributed by atoms with Crippen molar-refractivity contribution in [2.75, 3.05) is 6.54 Å². The molecule has 198 valence electrons. The van der Waals surface area contributed by atoms with Gasteiger partial charge in [0.05, 0.1) is 11.1 Å². The van der Waals surface area contributed by atoms with Crippen molar-refractivity contribution >= 4 is 29.5 Å². The molecular formula is C22H27F3N4O7. The molecule has 1 saturated heterocycles. The molecule has 0 saturated carbocycles. The lowest BCUT2D eigenvalue weighted by molar-refractivity contribution is -0.247. The number of piperidine rings is 1. The van der Waals surface area contributed by atoms with Crippen molar-refractivity contribution < 1.29 is 47.4 Å². The number of fused-ring (bicyclic) bond motifs is 1. The van der Waals surface area contributed by atoms with Crippen molar-refractivity contribution in [2.24, 2.45) is 5.90 Å². The Morgan fingerprint density at radius 1 is 1.08 bits per heavy atom. The number of benzene rings is 1. The molecule has 0 bridgehead atoms. The Morgan fingerprint density at radius 3 is 2.33 bits per heavy atom. The van der Waals surface area contributed by atoms with Gasteiger partial charge in [0, 0.05) is 24.9 Å². The van der Waals surface area contributed by atoms with E-state index in [0.717, 1.165) is 4.90 Å². The van der Waals surface area contributed by atoms with Crippen molar-refractivity contribution in [3.05, 3.63) is 34.9 Å². The van der Waals surface area contributed by atoms with E-state index in [1.165, 1.54) is 18.2 Å². The van der Waals surface area contributed by atoms with Crippen LogP contribution in [0.25, 0.3) is 0 Å². The van der Waals surface area contributed by atoms with Crippen LogP contribution in [0.5, 0.6) is 0 Å². The molecule has 2 aliphatic rings. The lowest BCUT2D eigenvalue weighted by Gasteiger charge is -2.27. The second-order valence-corrected chi connectivity index (χ2v) is 8.20. The molecule has 1 aromatic rings. The maximum absolute atomic E-state index is 12.8. The summed E-state index contributed by atoms with van der Waals surface area (Å²) in [6.07, 6.45) is -2.39. The van der Waals surface area contributed by atoms with Crippen molar-refractivity contribution in [1.29, 1.82) is 0 Å². The molecular weight excluding hydrogens is 489 g/mol. The van der Waals surface area contributed by atoms with E-state index in [-0.39, 0.29) is 36.0 Å². The molecule has 2 heterocycles. The molecule has 1 fully saturated rings. The Bertz CT molecular complexity index is 1000. The van der Waals surface area contributed by atoms with E-state index in [2.05, 4.69) is 21.5 Å². The van der Waals surface area contributed by atoms with Gasteiger partial charge in [0.15, 0.2) is 0 Å². The van der Waals surface area contributed by atoms with Gasteiger partial charge in [0.2, 0.25) is 11.8 Å². The first-order valence-electron chi connectivity index (χ1n) is 11.2. The minimum atomic E-state index is -4.13. The molecule has 0 aromatic heterocycles. The maximum atomic E-state index is 12.8. The fourth-order valence-corrected chi connectivity index (χ4v) is 3.90. The number of carbonyl (C=O) groups excluding carboxylic acids is 5. The highest BCUT2D eigenvalue weighted by atomic mass is 19.4. The summed E-state index contributed by atoms with van der Waals surface area (Å²) in [7, 11) is 0. The number of nitrogens with two attached hydrogens (primary N) is 1. The smallest absolute Gasteiger partial charge is 0.352 e. The normalized spacial score (nSPS) is 17.4. The lowest BCUT2D eigenvalue weighted by Crippen LogP contribution is -2.54. The number of imide groups is 2. The van der Waals surface area contributed by atoms with Crippen LogP contribution in [0.4, 0.5) is 13.2 Å². The van der Waals surface area contributed by atoms with E-state index >= 15 is 0 Å². The molecule has 1 unspecified atom stereocenters. The molecule has 2 aliphatic heterocycles. The topological polar surface area (TPSA) is 168 Å². The van der Waals surface area contributed by atoms with Crippen LogP contribution in [-0.4, -0.2) is 58.5 Å². The fraction of sp³-hybridized carbons (Fsp3) is 0.500. The monoisotopic (exact) mass is 516 g/mol. The van der Waals surface area contributed by atoms with Crippen molar-refractivity contribution in [3.8, 4) is 0 Å². The van der Waals surface area contributed by atoms with Crippen molar-refractivity contribution in [3.63, 3.8) is 0 Å². The van der Waals surface area contributed by atoms with Crippen LogP contribution in [0.15, 0.2) is 18.2 Å². The lowest BCUT2D eigenvalue weighted by atomic mass is 10.0. The molecule has 14 heteroatoms. The maximum Gasteiger partial charge on any atom is 0.389 e. The van der Waals surface area contributed by atoms with Gasteiger partial charge in [-0.15, -0.1) is 4.99 Å². The summed E-state index contributed by atoms with van der Waals surface area (Å²) < 4.78 is 36.3. The Kier molecular flexibility index (Phi) is 10.5. The number of halogens is 3. The minimum absolute atomic E-state index is 0.0137. The zero-order valence-electron chi connectivity index (χ0n) is 19.2. The summed E-state index contributed by atoms with van der Waals surface area (Å²) in [6.45, 7) is 0.324. The van der Waals surface area contributed by atoms with Crippen LogP contribution in [0, 0.1) is 0 Å². The summed E-state index contributed by atoms with van der Waals surface area (Å²) in [6, 6.07) is 2.98. The van der Waals surface area contributed by atoms with E-state index in [9.17, 15) is 37.1 Å². The van der Waals surface area contributed by atoms with Gasteiger partial charge in [0.1, 0.15) is 6.04 Å². The predicted octanol–water partition coefficient (Wildman–Crippen LogP) is 2.07. The van der Waals surface area contributed by atoms with Crippen LogP contribution in [0.1, 0.15) is 82.4 Å². The summed E-state index contributed by atoms with van der Waals surface area (Å²) in [5, 5.41) is 11.7. The first kappa shape index (κ1) is 28.9. The molecule has 0 aliphatic carbocycles. The van der Waals surface area contributed by atoms with Gasteiger partial charge in [0.25, 0.3) is 17.7 Å². The third kappa shape index (κ3) is 7.83. The van der Waals surface area contributed by atoms with E-state index in [1.807, 2.05) is 0 Å². The number of carbonyl (C=O) groups is 5. The standard InChI is InChI=1S/C22H24F3N3O5.H3NO2/c23-22(24,25)10-4-2-1-3-5-11-26-18(30)13-6-7-14-15(12-13)21(33)28(20(14)32)16-8-9-17(29)27-19(16)31;1-3-2/h6-7,12,16H,1-5,8-11H2,(H,26,30)(H,27,29,31);2H,1H2. The average Bonchev–Trinajstić information content (AvgIpc) is 3.05. The number of hydrogen-bond donors (Lipinski definition) is 4. The molecule has 5 N–H and O–H groups in total. The quantitative estimate of drug-likeness (QED) is 0.167. The molecule has 11 nitrogen and oxygen atoms in total. The largest absolute Gasteiger partial charge is 0.389 e. The summed E-state index contributed by atoms with van der Waals surface area (Å²) in [5.74, 6) is 0.930. The molecule has 1 atom stereocenters. The Labute approximate surface area is 204 Å². The minimum Gasteiger partial charge on any atom is -0.352 e. The van der Waals surface area contributed by atoms with Crippen LogP contribution in [-0.2, 0) is 14.6 Å². The van der Waals surface area contributed by atoms with E-state index in [1.54, 1.807) is 0 Å². The highest BCUT2D eigenvalue weighted by Crippen LogP contribution is 2.28. The van der Waals surface area contributed by atoms with Gasteiger partial charge in [-0.05, 0) is 37.5 Å². The van der Waals surface area contributed by atoms with Gasteiger partial charge >= 0.3 is 6.18 Å². The molecule has 3 rings (SSSR count). The van der Waals surface area contributed by atoms with Crippen LogP contribution in [0.2, 0.25) is 0 Å². The van der Waals surface area contributed by atoms with Gasteiger partial charge in [-0.25, -0.2) is 5.26 Å². The highest BCUT2D eigenvalue weighted by Gasteiger charge is 2.44. The molecule has 36 heavy (non-hydrogen) atoms. The third-order valence-corrected chi connectivity index (χ3v) is 5.62. The second kappa shape index (κ2) is 13.1. The SMILES string of the molecule is NOO.O=C1CCC(N2C(=O)c3ccc(C(=O)NCCCCCCCC(F)(F)F)cc3C2=O)C(=O)N1. The zero-order valence-corrected chi connectivity index (χ0v) is 19.2. The number of nitrogens with one attached hydrogen (secondary N) is 2. The highest BCUT2D eigenvalue weighted by molar-refractivity contribution is 6.24. The van der Waals surface area contributed by atoms with Crippen molar-refractivity contribution in [2.45, 2.75) is 63.6 Å². The van der Waals surface area contributed by atoms with E-state index < -0.39 is 48.2 Å². The first-order chi connectivity index (χ1) is 17.0. The molecule has 0 spiro atoms. The Morgan fingerprint density at radius 2 is 1.69 bits per heavy atom. The number of nitrogens with zero attached hydrogens (tertiary/aromatic N) is 1.